The summed E-state index contributed by atoms with van der Waals surface area (Å²) in [6, 6.07) is 17.4. The van der Waals surface area contributed by atoms with E-state index in [0.29, 0.717) is 12.0 Å². The van der Waals surface area contributed by atoms with E-state index in [-0.39, 0.29) is 0 Å². The van der Waals surface area contributed by atoms with Crippen LogP contribution in [-0.2, 0) is 0 Å². The van der Waals surface area contributed by atoms with Gasteiger partial charge in [0.05, 0.1) is 0 Å². The van der Waals surface area contributed by atoms with Crippen LogP contribution in [-0.4, -0.2) is 37.4 Å². The van der Waals surface area contributed by atoms with Gasteiger partial charge in [-0.2, -0.15) is 0 Å². The summed E-state index contributed by atoms with van der Waals surface area (Å²) in [5.41, 5.74) is 4.74. The zero-order valence-electron chi connectivity index (χ0n) is 15.5. The number of rotatable bonds is 5. The maximum absolute atomic E-state index is 10.8. The highest BCUT2D eigenvalue weighted by Gasteiger charge is 2.22. The van der Waals surface area contributed by atoms with Crippen LogP contribution in [0.3, 0.4) is 0 Å². The Kier molecular flexibility index (Phi) is 5.54. The number of anilines is 1. The van der Waals surface area contributed by atoms with Crippen LogP contribution in [0.25, 0.3) is 0 Å². The lowest BCUT2D eigenvalue weighted by molar-refractivity contribution is 0.112. The molecule has 1 heterocycles. The summed E-state index contributed by atoms with van der Waals surface area (Å²) in [4.78, 5) is 15.7. The molecule has 3 heteroatoms. The van der Waals surface area contributed by atoms with Crippen molar-refractivity contribution in [2.24, 2.45) is 0 Å². The van der Waals surface area contributed by atoms with E-state index in [0.717, 1.165) is 38.0 Å². The highest BCUT2D eigenvalue weighted by atomic mass is 16.1. The van der Waals surface area contributed by atoms with E-state index in [1.165, 1.54) is 16.8 Å². The third kappa shape index (κ3) is 4.10. The number of carbonyl (C=O) groups excluding carboxylic acids is 1. The molecule has 0 amide bonds. The fraction of sp³-hybridized carbons (Fsp3) is 0.409. The van der Waals surface area contributed by atoms with Crippen LogP contribution in [0.1, 0.15) is 54.2 Å². The Bertz CT molecular complexity index is 683. The van der Waals surface area contributed by atoms with Crippen LogP contribution in [0.5, 0.6) is 0 Å². The lowest BCUT2D eigenvalue weighted by Crippen LogP contribution is -2.47. The average Bonchev–Trinajstić information content (AvgIpc) is 2.67. The minimum Gasteiger partial charge on any atom is -0.369 e. The number of piperazine rings is 1. The fourth-order valence-electron chi connectivity index (χ4n) is 3.50. The van der Waals surface area contributed by atoms with Crippen molar-refractivity contribution in [3.63, 3.8) is 0 Å². The Balaban J connectivity index is 1.60. The monoisotopic (exact) mass is 336 g/mol. The molecule has 0 radical (unpaired) electrons. The molecule has 2 aromatic carbocycles. The molecule has 0 bridgehead atoms. The van der Waals surface area contributed by atoms with Gasteiger partial charge < -0.3 is 4.90 Å². The van der Waals surface area contributed by atoms with Gasteiger partial charge in [-0.1, -0.05) is 38.1 Å². The van der Waals surface area contributed by atoms with Crippen molar-refractivity contribution in [2.45, 2.75) is 32.7 Å². The van der Waals surface area contributed by atoms with Crippen molar-refractivity contribution < 1.29 is 4.79 Å². The predicted molar refractivity (Wildman–Crippen MR) is 105 cm³/mol. The molecule has 0 unspecified atom stereocenters. The van der Waals surface area contributed by atoms with Crippen LogP contribution >= 0.6 is 0 Å². The highest BCUT2D eigenvalue weighted by molar-refractivity contribution is 5.75. The van der Waals surface area contributed by atoms with Gasteiger partial charge in [0, 0.05) is 43.5 Å². The average molecular weight is 336 g/mol. The van der Waals surface area contributed by atoms with Gasteiger partial charge in [0.25, 0.3) is 0 Å². The summed E-state index contributed by atoms with van der Waals surface area (Å²) in [5, 5.41) is 0. The van der Waals surface area contributed by atoms with E-state index in [1.807, 2.05) is 24.3 Å². The van der Waals surface area contributed by atoms with Crippen LogP contribution < -0.4 is 4.90 Å². The molecule has 0 aliphatic carbocycles. The van der Waals surface area contributed by atoms with Crippen molar-refractivity contribution in [1.82, 2.24) is 4.90 Å². The Morgan fingerprint density at radius 2 is 1.36 bits per heavy atom. The molecular weight excluding hydrogens is 308 g/mol. The van der Waals surface area contributed by atoms with Crippen LogP contribution in [0.4, 0.5) is 5.69 Å². The molecule has 25 heavy (non-hydrogen) atoms. The zero-order valence-corrected chi connectivity index (χ0v) is 15.5. The van der Waals surface area contributed by atoms with Crippen LogP contribution in [0, 0.1) is 0 Å². The normalized spacial score (nSPS) is 16.9. The number of hydrogen-bond donors (Lipinski definition) is 0. The van der Waals surface area contributed by atoms with Gasteiger partial charge in [-0.25, -0.2) is 0 Å². The number of benzene rings is 2. The van der Waals surface area contributed by atoms with E-state index < -0.39 is 0 Å². The smallest absolute Gasteiger partial charge is 0.150 e. The molecule has 1 aliphatic heterocycles. The highest BCUT2D eigenvalue weighted by Crippen LogP contribution is 2.25. The van der Waals surface area contributed by atoms with Crippen molar-refractivity contribution in [3.8, 4) is 0 Å². The zero-order chi connectivity index (χ0) is 17.8. The molecule has 1 saturated heterocycles. The van der Waals surface area contributed by atoms with Gasteiger partial charge in [-0.3, -0.25) is 9.69 Å². The molecule has 0 N–H and O–H groups in total. The largest absolute Gasteiger partial charge is 0.369 e. The molecule has 0 aromatic heterocycles. The molecule has 132 valence electrons. The molecule has 3 nitrogen and oxygen atoms in total. The first-order chi connectivity index (χ1) is 12.1. The Hall–Kier alpha value is -2.13. The Morgan fingerprint density at radius 1 is 0.800 bits per heavy atom. The maximum Gasteiger partial charge on any atom is 0.150 e. The molecule has 1 aliphatic rings. The predicted octanol–water partition coefficient (Wildman–Crippen LogP) is 4.51. The number of aldehydes is 1. The molecule has 1 fully saturated rings. The molecule has 3 rings (SSSR count). The van der Waals surface area contributed by atoms with Crippen molar-refractivity contribution in [3.05, 3.63) is 65.2 Å². The first-order valence-electron chi connectivity index (χ1n) is 9.22. The number of carbonyl (C=O) groups is 1. The van der Waals surface area contributed by atoms with Crippen molar-refractivity contribution >= 4 is 12.0 Å². The van der Waals surface area contributed by atoms with Crippen molar-refractivity contribution in [1.29, 1.82) is 0 Å². The molecule has 0 saturated carbocycles. The van der Waals surface area contributed by atoms with E-state index in [9.17, 15) is 4.79 Å². The van der Waals surface area contributed by atoms with E-state index in [1.54, 1.807) is 0 Å². The second-order valence-electron chi connectivity index (χ2n) is 7.23. The second kappa shape index (κ2) is 7.83. The van der Waals surface area contributed by atoms with E-state index in [4.69, 9.17) is 0 Å². The molecule has 0 spiro atoms. The summed E-state index contributed by atoms with van der Waals surface area (Å²) < 4.78 is 0. The lowest BCUT2D eigenvalue weighted by atomic mass is 9.99. The number of nitrogens with zero attached hydrogens (tertiary/aromatic N) is 2. The second-order valence-corrected chi connectivity index (χ2v) is 7.23. The third-order valence-electron chi connectivity index (χ3n) is 5.34. The van der Waals surface area contributed by atoms with Gasteiger partial charge in [0.1, 0.15) is 6.29 Å². The quantitative estimate of drug-likeness (QED) is 0.751. The van der Waals surface area contributed by atoms with Gasteiger partial charge in [-0.15, -0.1) is 0 Å². The van der Waals surface area contributed by atoms with Gasteiger partial charge in [0.15, 0.2) is 0 Å². The van der Waals surface area contributed by atoms with E-state index >= 15 is 0 Å². The van der Waals surface area contributed by atoms with Gasteiger partial charge in [0.2, 0.25) is 0 Å². The maximum atomic E-state index is 10.8. The van der Waals surface area contributed by atoms with E-state index in [2.05, 4.69) is 54.8 Å². The topological polar surface area (TPSA) is 23.6 Å². The standard InChI is InChI=1S/C22H28N2O/c1-17(2)20-6-8-21(9-7-20)18(3)23-12-14-24(15-13-23)22-10-4-19(16-25)5-11-22/h4-11,16-18H,12-15H2,1-3H3/t18-/m1/s1. The first kappa shape index (κ1) is 17.7. The third-order valence-corrected chi connectivity index (χ3v) is 5.34. The summed E-state index contributed by atoms with van der Waals surface area (Å²) in [6.07, 6.45) is 0.897. The number of hydrogen-bond acceptors (Lipinski definition) is 3. The van der Waals surface area contributed by atoms with Crippen LogP contribution in [0.2, 0.25) is 0 Å². The molecule has 1 atom stereocenters. The summed E-state index contributed by atoms with van der Waals surface area (Å²) in [7, 11) is 0. The molecule has 2 aromatic rings. The SMILES string of the molecule is CC(C)c1ccc([C@@H](C)N2CCN(c3ccc(C=O)cc3)CC2)cc1. The minimum absolute atomic E-state index is 0.445. The van der Waals surface area contributed by atoms with Gasteiger partial charge >= 0.3 is 0 Å². The Morgan fingerprint density at radius 3 is 1.88 bits per heavy atom. The van der Waals surface area contributed by atoms with Crippen LogP contribution in [0.15, 0.2) is 48.5 Å². The Labute approximate surface area is 151 Å². The summed E-state index contributed by atoms with van der Waals surface area (Å²) in [5.74, 6) is 0.582. The first-order valence-corrected chi connectivity index (χ1v) is 9.22. The van der Waals surface area contributed by atoms with Crippen molar-refractivity contribution in [2.75, 3.05) is 31.1 Å². The summed E-state index contributed by atoms with van der Waals surface area (Å²) in [6.45, 7) is 10.9. The van der Waals surface area contributed by atoms with Gasteiger partial charge in [-0.05, 0) is 48.2 Å². The summed E-state index contributed by atoms with van der Waals surface area (Å²) >= 11 is 0. The minimum atomic E-state index is 0.445. The fourth-order valence-corrected chi connectivity index (χ4v) is 3.50. The molecular formula is C22H28N2O. The lowest BCUT2D eigenvalue weighted by Gasteiger charge is -2.39.